The van der Waals surface area contributed by atoms with E-state index in [0.717, 1.165) is 42.5 Å². The highest BCUT2D eigenvalue weighted by Crippen LogP contribution is 2.28. The molecule has 0 spiro atoms. The summed E-state index contributed by atoms with van der Waals surface area (Å²) in [6.07, 6.45) is 1.12. The van der Waals surface area contributed by atoms with Gasteiger partial charge in [-0.2, -0.15) is 13.2 Å². The molecule has 12 heteroatoms. The van der Waals surface area contributed by atoms with Crippen molar-refractivity contribution in [3.05, 3.63) is 30.5 Å². The highest BCUT2D eigenvalue weighted by molar-refractivity contribution is 5.83. The number of alkyl halides is 3. The number of anilines is 2. The lowest BCUT2D eigenvalue weighted by Crippen LogP contribution is -2.47. The van der Waals surface area contributed by atoms with E-state index in [0.29, 0.717) is 38.5 Å². The minimum atomic E-state index is -4.49. The van der Waals surface area contributed by atoms with Crippen LogP contribution in [0.1, 0.15) is 18.5 Å². The molecule has 1 atom stereocenters. The maximum absolute atomic E-state index is 12.7. The van der Waals surface area contributed by atoms with E-state index < -0.39 is 11.9 Å². The van der Waals surface area contributed by atoms with Gasteiger partial charge in [0.2, 0.25) is 0 Å². The number of rotatable bonds is 4. The highest BCUT2D eigenvalue weighted by atomic mass is 19.4. The summed E-state index contributed by atoms with van der Waals surface area (Å²) >= 11 is 0. The zero-order valence-corrected chi connectivity index (χ0v) is 16.7. The minimum absolute atomic E-state index is 0.184. The summed E-state index contributed by atoms with van der Waals surface area (Å²) in [4.78, 5) is 17.4. The molecule has 0 radical (unpaired) electrons. The van der Waals surface area contributed by atoms with Crippen LogP contribution in [0.25, 0.3) is 11.2 Å². The molecule has 5 heterocycles. The second-order valence-electron chi connectivity index (χ2n) is 7.65. The largest absolute Gasteiger partial charge is 0.435 e. The number of piperazine rings is 1. The van der Waals surface area contributed by atoms with Crippen molar-refractivity contribution in [3.8, 4) is 0 Å². The predicted octanol–water partition coefficient (Wildman–Crippen LogP) is 2.14. The lowest BCUT2D eigenvalue weighted by molar-refractivity contribution is -0.141. The summed E-state index contributed by atoms with van der Waals surface area (Å²) in [5.41, 5.74) is 0.525. The van der Waals surface area contributed by atoms with Gasteiger partial charge >= 0.3 is 6.18 Å². The Morgan fingerprint density at radius 2 is 1.81 bits per heavy atom. The molecule has 0 aromatic carbocycles. The lowest BCUT2D eigenvalue weighted by atomic mass is 10.2. The Bertz CT molecular complexity index is 1040. The number of fused-ring (bicyclic) bond motifs is 1. The van der Waals surface area contributed by atoms with Gasteiger partial charge in [0.25, 0.3) is 0 Å². The van der Waals surface area contributed by atoms with Crippen LogP contribution in [0.3, 0.4) is 0 Å². The second-order valence-corrected chi connectivity index (χ2v) is 7.65. The van der Waals surface area contributed by atoms with Gasteiger partial charge in [-0.25, -0.2) is 15.0 Å². The van der Waals surface area contributed by atoms with Gasteiger partial charge in [0.15, 0.2) is 28.5 Å². The van der Waals surface area contributed by atoms with Crippen LogP contribution in [0.2, 0.25) is 0 Å². The molecule has 3 aromatic heterocycles. The lowest BCUT2D eigenvalue weighted by Gasteiger charge is -2.35. The van der Waals surface area contributed by atoms with Gasteiger partial charge < -0.3 is 19.1 Å². The van der Waals surface area contributed by atoms with Gasteiger partial charge in [-0.1, -0.05) is 0 Å². The highest BCUT2D eigenvalue weighted by Gasteiger charge is 2.33. The summed E-state index contributed by atoms with van der Waals surface area (Å²) in [6, 6.07) is 2.32. The van der Waals surface area contributed by atoms with Gasteiger partial charge in [0, 0.05) is 32.8 Å². The summed E-state index contributed by atoms with van der Waals surface area (Å²) in [6.45, 7) is 3.95. The smallest absolute Gasteiger partial charge is 0.376 e. The Hall–Kier alpha value is -3.02. The molecule has 3 aromatic rings. The molecule has 0 bridgehead atoms. The van der Waals surface area contributed by atoms with E-state index in [1.54, 1.807) is 12.7 Å². The van der Waals surface area contributed by atoms with Crippen molar-refractivity contribution in [2.24, 2.45) is 0 Å². The van der Waals surface area contributed by atoms with Crippen LogP contribution in [-0.2, 0) is 17.5 Å². The standard InChI is InChI=1S/C19H21F3N8O/c20-19(21,22)14-3-4-15(27-26-14)28-5-7-29(8-6-28)17-16-18(24-11-23-17)30(12-25-16)10-13-2-1-9-31-13/h3-4,11-13H,1-2,5-10H2. The van der Waals surface area contributed by atoms with Crippen LogP contribution >= 0.6 is 0 Å². The van der Waals surface area contributed by atoms with Crippen molar-refractivity contribution < 1.29 is 17.9 Å². The van der Waals surface area contributed by atoms with Gasteiger partial charge in [-0.05, 0) is 25.0 Å². The quantitative estimate of drug-likeness (QED) is 0.618. The molecule has 5 rings (SSSR count). The van der Waals surface area contributed by atoms with E-state index in [-0.39, 0.29) is 6.10 Å². The van der Waals surface area contributed by atoms with Gasteiger partial charge in [0.05, 0.1) is 19.0 Å². The normalized spacial score (nSPS) is 20.0. The molecule has 0 N–H and O–H groups in total. The van der Waals surface area contributed by atoms with Crippen LogP contribution in [0.5, 0.6) is 0 Å². The van der Waals surface area contributed by atoms with Crippen LogP contribution in [0, 0.1) is 0 Å². The van der Waals surface area contributed by atoms with E-state index in [4.69, 9.17) is 4.74 Å². The number of hydrogen-bond donors (Lipinski definition) is 0. The van der Waals surface area contributed by atoms with Gasteiger partial charge in [-0.3, -0.25) is 0 Å². The molecule has 31 heavy (non-hydrogen) atoms. The first-order chi connectivity index (χ1) is 15.0. The molecule has 2 saturated heterocycles. The average molecular weight is 434 g/mol. The fraction of sp³-hybridized carbons (Fsp3) is 0.526. The number of nitrogens with zero attached hydrogens (tertiary/aromatic N) is 8. The monoisotopic (exact) mass is 434 g/mol. The molecule has 0 aliphatic carbocycles. The third kappa shape index (κ3) is 3.99. The number of aromatic nitrogens is 6. The Morgan fingerprint density at radius 1 is 1.00 bits per heavy atom. The average Bonchev–Trinajstić information content (AvgIpc) is 3.44. The molecule has 0 saturated carbocycles. The summed E-state index contributed by atoms with van der Waals surface area (Å²) < 4.78 is 45.8. The molecule has 2 aliphatic heterocycles. The Kier molecular flexibility index (Phi) is 5.08. The molecule has 2 aliphatic rings. The van der Waals surface area contributed by atoms with Crippen molar-refractivity contribution >= 4 is 22.8 Å². The molecule has 2 fully saturated rings. The zero-order valence-electron chi connectivity index (χ0n) is 16.7. The van der Waals surface area contributed by atoms with E-state index in [2.05, 4.69) is 30.0 Å². The first kappa shape index (κ1) is 19.9. The number of imidazole rings is 1. The fourth-order valence-electron chi connectivity index (χ4n) is 4.03. The summed E-state index contributed by atoms with van der Waals surface area (Å²) in [7, 11) is 0. The Morgan fingerprint density at radius 3 is 2.48 bits per heavy atom. The summed E-state index contributed by atoms with van der Waals surface area (Å²) in [5, 5.41) is 7.07. The first-order valence-corrected chi connectivity index (χ1v) is 10.2. The molecule has 164 valence electrons. The topological polar surface area (TPSA) is 85.1 Å². The Labute approximate surface area is 175 Å². The third-order valence-corrected chi connectivity index (χ3v) is 5.65. The molecule has 1 unspecified atom stereocenters. The second kappa shape index (κ2) is 7.91. The maximum atomic E-state index is 12.7. The van der Waals surface area contributed by atoms with Gasteiger partial charge in [0.1, 0.15) is 6.33 Å². The first-order valence-electron chi connectivity index (χ1n) is 10.2. The van der Waals surface area contributed by atoms with Crippen molar-refractivity contribution in [2.75, 3.05) is 42.6 Å². The van der Waals surface area contributed by atoms with Crippen molar-refractivity contribution in [3.63, 3.8) is 0 Å². The van der Waals surface area contributed by atoms with E-state index >= 15 is 0 Å². The van der Waals surface area contributed by atoms with Crippen LogP contribution in [0.4, 0.5) is 24.8 Å². The van der Waals surface area contributed by atoms with Crippen molar-refractivity contribution in [1.82, 2.24) is 29.7 Å². The summed E-state index contributed by atoms with van der Waals surface area (Å²) in [5.74, 6) is 1.19. The molecular formula is C19H21F3N8O. The van der Waals surface area contributed by atoms with Crippen LogP contribution in [0.15, 0.2) is 24.8 Å². The van der Waals surface area contributed by atoms with Crippen LogP contribution in [-0.4, -0.2) is 68.6 Å². The fourth-order valence-corrected chi connectivity index (χ4v) is 4.03. The molecular weight excluding hydrogens is 413 g/mol. The van der Waals surface area contributed by atoms with Gasteiger partial charge in [-0.15, -0.1) is 10.2 Å². The predicted molar refractivity (Wildman–Crippen MR) is 106 cm³/mol. The van der Waals surface area contributed by atoms with E-state index in [9.17, 15) is 13.2 Å². The van der Waals surface area contributed by atoms with Crippen LogP contribution < -0.4 is 9.80 Å². The number of halogens is 3. The minimum Gasteiger partial charge on any atom is -0.376 e. The zero-order chi connectivity index (χ0) is 21.4. The van der Waals surface area contributed by atoms with Crippen molar-refractivity contribution in [2.45, 2.75) is 31.7 Å². The Balaban J connectivity index is 1.28. The van der Waals surface area contributed by atoms with E-state index in [1.807, 2.05) is 9.47 Å². The third-order valence-electron chi connectivity index (χ3n) is 5.65. The SMILES string of the molecule is FC(F)(F)c1ccc(N2CCN(c3ncnc4c3ncn4CC3CCCO3)CC2)nn1. The molecule has 0 amide bonds. The maximum Gasteiger partial charge on any atom is 0.435 e. The number of hydrogen-bond acceptors (Lipinski definition) is 8. The number of ether oxygens (including phenoxy) is 1. The van der Waals surface area contributed by atoms with E-state index in [1.165, 1.54) is 6.07 Å². The molecule has 9 nitrogen and oxygen atoms in total. The van der Waals surface area contributed by atoms with Crippen molar-refractivity contribution in [1.29, 1.82) is 0 Å².